The van der Waals surface area contributed by atoms with Gasteiger partial charge < -0.3 is 9.80 Å². The van der Waals surface area contributed by atoms with Crippen LogP contribution in [0.1, 0.15) is 28.5 Å². The van der Waals surface area contributed by atoms with Crippen LogP contribution in [0.5, 0.6) is 0 Å². The van der Waals surface area contributed by atoms with Crippen LogP contribution in [-0.4, -0.2) is 35.2 Å². The maximum absolute atomic E-state index is 13.2. The van der Waals surface area contributed by atoms with E-state index in [1.807, 2.05) is 41.6 Å². The van der Waals surface area contributed by atoms with Crippen molar-refractivity contribution in [1.29, 1.82) is 0 Å². The number of likely N-dealkylation sites (tertiary alicyclic amines) is 1. The van der Waals surface area contributed by atoms with Gasteiger partial charge in [0.1, 0.15) is 0 Å². The van der Waals surface area contributed by atoms with Crippen LogP contribution in [-0.2, 0) is 22.6 Å². The Balaban J connectivity index is 1.59. The smallest absolute Gasteiger partial charge is 0.228 e. The first-order valence-electron chi connectivity index (χ1n) is 8.30. The third-order valence-electron chi connectivity index (χ3n) is 5.18. The summed E-state index contributed by atoms with van der Waals surface area (Å²) in [5.74, 6) is -0.101. The van der Waals surface area contributed by atoms with Crippen LogP contribution in [0.25, 0.3) is 0 Å². The molecule has 2 aliphatic heterocycles. The summed E-state index contributed by atoms with van der Waals surface area (Å²) < 4.78 is 0. The van der Waals surface area contributed by atoms with Crippen molar-refractivity contribution >= 4 is 23.2 Å². The Morgan fingerprint density at radius 1 is 1.17 bits per heavy atom. The molecule has 1 aromatic carbocycles. The van der Waals surface area contributed by atoms with Crippen molar-refractivity contribution in [3.63, 3.8) is 0 Å². The summed E-state index contributed by atoms with van der Waals surface area (Å²) in [6, 6.07) is 12.2. The average molecular weight is 340 g/mol. The van der Waals surface area contributed by atoms with E-state index in [2.05, 4.69) is 12.1 Å². The Labute approximate surface area is 145 Å². The molecule has 0 N–H and O–H groups in total. The molecule has 0 spiro atoms. The summed E-state index contributed by atoms with van der Waals surface area (Å²) in [5, 5.41) is 2.00. The third-order valence-corrected chi connectivity index (χ3v) is 6.12. The predicted molar refractivity (Wildman–Crippen MR) is 93.5 cm³/mol. The molecule has 0 aliphatic carbocycles. The van der Waals surface area contributed by atoms with E-state index in [1.165, 1.54) is 11.1 Å². The lowest BCUT2D eigenvalue weighted by molar-refractivity contribution is -0.137. The van der Waals surface area contributed by atoms with E-state index in [4.69, 9.17) is 0 Å². The van der Waals surface area contributed by atoms with Crippen molar-refractivity contribution in [2.45, 2.75) is 25.4 Å². The lowest BCUT2D eigenvalue weighted by Crippen LogP contribution is -2.41. The third kappa shape index (κ3) is 2.53. The first-order chi connectivity index (χ1) is 11.6. The molecular formula is C19H20N2O2S. The van der Waals surface area contributed by atoms with Crippen LogP contribution in [0.4, 0.5) is 0 Å². The van der Waals surface area contributed by atoms with Gasteiger partial charge in [0.2, 0.25) is 11.8 Å². The van der Waals surface area contributed by atoms with Gasteiger partial charge >= 0.3 is 0 Å². The monoisotopic (exact) mass is 340 g/mol. The average Bonchev–Trinajstić information content (AvgIpc) is 3.22. The molecule has 4 rings (SSSR count). The fourth-order valence-corrected chi connectivity index (χ4v) is 4.79. The van der Waals surface area contributed by atoms with Gasteiger partial charge in [0.25, 0.3) is 0 Å². The van der Waals surface area contributed by atoms with Gasteiger partial charge in [0, 0.05) is 31.4 Å². The molecule has 1 fully saturated rings. The number of fused-ring (bicyclic) bond motifs is 1. The lowest BCUT2D eigenvalue weighted by atomic mass is 9.94. The summed E-state index contributed by atoms with van der Waals surface area (Å²) in [5.41, 5.74) is 2.55. The van der Waals surface area contributed by atoms with E-state index in [0.29, 0.717) is 13.0 Å². The molecule has 0 radical (unpaired) electrons. The van der Waals surface area contributed by atoms with Crippen LogP contribution < -0.4 is 0 Å². The summed E-state index contributed by atoms with van der Waals surface area (Å²) in [6.45, 7) is 1.39. The van der Waals surface area contributed by atoms with Gasteiger partial charge in [0.05, 0.1) is 12.0 Å². The van der Waals surface area contributed by atoms with Crippen molar-refractivity contribution in [2.24, 2.45) is 5.92 Å². The van der Waals surface area contributed by atoms with Crippen molar-refractivity contribution in [2.75, 3.05) is 13.6 Å². The molecule has 2 amide bonds. The van der Waals surface area contributed by atoms with Crippen molar-refractivity contribution in [3.8, 4) is 0 Å². The van der Waals surface area contributed by atoms with Crippen molar-refractivity contribution in [3.05, 3.63) is 57.8 Å². The zero-order valence-electron chi connectivity index (χ0n) is 13.6. The molecule has 1 saturated heterocycles. The van der Waals surface area contributed by atoms with Gasteiger partial charge in [-0.3, -0.25) is 9.59 Å². The first-order valence-corrected chi connectivity index (χ1v) is 9.18. The van der Waals surface area contributed by atoms with Crippen LogP contribution in [0.15, 0.2) is 41.8 Å². The Kier molecular flexibility index (Phi) is 3.88. The molecule has 0 saturated carbocycles. The van der Waals surface area contributed by atoms with Crippen LogP contribution in [0, 0.1) is 5.92 Å². The molecular weight excluding hydrogens is 320 g/mol. The molecule has 124 valence electrons. The zero-order chi connectivity index (χ0) is 16.7. The van der Waals surface area contributed by atoms with Crippen molar-refractivity contribution in [1.82, 2.24) is 9.80 Å². The SMILES string of the molecule is CN1C(=O)C[C@H](C(=O)N2CCc3ccccc3C2)[C@@H]1c1cccs1. The second-order valence-corrected chi connectivity index (χ2v) is 7.53. The van der Waals surface area contributed by atoms with E-state index in [0.717, 1.165) is 17.8 Å². The Hall–Kier alpha value is -2.14. The first kappa shape index (κ1) is 15.4. The van der Waals surface area contributed by atoms with E-state index in [-0.39, 0.29) is 23.8 Å². The number of carbonyl (C=O) groups is 2. The number of hydrogen-bond acceptors (Lipinski definition) is 3. The Morgan fingerprint density at radius 3 is 2.71 bits per heavy atom. The van der Waals surface area contributed by atoms with E-state index in [9.17, 15) is 9.59 Å². The second kappa shape index (κ2) is 6.06. The minimum absolute atomic E-state index is 0.0594. The quantitative estimate of drug-likeness (QED) is 0.843. The van der Waals surface area contributed by atoms with Gasteiger partial charge in [-0.05, 0) is 29.0 Å². The second-order valence-electron chi connectivity index (χ2n) is 6.55. The highest BCUT2D eigenvalue weighted by Crippen LogP contribution is 2.40. The number of thiophene rings is 1. The van der Waals surface area contributed by atoms with Gasteiger partial charge in [-0.25, -0.2) is 0 Å². The number of benzene rings is 1. The summed E-state index contributed by atoms with van der Waals surface area (Å²) in [4.78, 5) is 30.2. The standard InChI is InChI=1S/C19H20N2O2S/c1-20-17(22)11-15(18(20)16-7-4-10-24-16)19(23)21-9-8-13-5-2-3-6-14(13)12-21/h2-7,10,15,18H,8-9,11-12H2,1H3/t15-,18+/m0/s1. The molecule has 1 aromatic heterocycles. The van der Waals surface area contributed by atoms with Crippen molar-refractivity contribution < 1.29 is 9.59 Å². The number of rotatable bonds is 2. The highest BCUT2D eigenvalue weighted by molar-refractivity contribution is 7.10. The fraction of sp³-hybridized carbons (Fsp3) is 0.368. The topological polar surface area (TPSA) is 40.6 Å². The van der Waals surface area contributed by atoms with Crippen LogP contribution in [0.2, 0.25) is 0 Å². The summed E-state index contributed by atoms with van der Waals surface area (Å²) >= 11 is 1.62. The molecule has 5 heteroatoms. The largest absolute Gasteiger partial charge is 0.338 e. The number of carbonyl (C=O) groups excluding carboxylic acids is 2. The van der Waals surface area contributed by atoms with E-state index >= 15 is 0 Å². The van der Waals surface area contributed by atoms with Crippen LogP contribution in [0.3, 0.4) is 0 Å². The molecule has 0 bridgehead atoms. The Morgan fingerprint density at radius 2 is 1.96 bits per heavy atom. The van der Waals surface area contributed by atoms with Gasteiger partial charge in [-0.2, -0.15) is 0 Å². The Bertz CT molecular complexity index is 771. The minimum Gasteiger partial charge on any atom is -0.338 e. The summed E-state index contributed by atoms with van der Waals surface area (Å²) in [7, 11) is 1.81. The molecule has 4 nitrogen and oxygen atoms in total. The van der Waals surface area contributed by atoms with Gasteiger partial charge in [0.15, 0.2) is 0 Å². The van der Waals surface area contributed by atoms with E-state index in [1.54, 1.807) is 16.2 Å². The molecule has 2 aromatic rings. The minimum atomic E-state index is -0.272. The maximum atomic E-state index is 13.2. The number of nitrogens with zero attached hydrogens (tertiary/aromatic N) is 2. The maximum Gasteiger partial charge on any atom is 0.228 e. The lowest BCUT2D eigenvalue weighted by Gasteiger charge is -2.32. The van der Waals surface area contributed by atoms with E-state index < -0.39 is 0 Å². The van der Waals surface area contributed by atoms with Gasteiger partial charge in [-0.15, -0.1) is 11.3 Å². The summed E-state index contributed by atoms with van der Waals surface area (Å²) in [6.07, 6.45) is 1.21. The van der Waals surface area contributed by atoms with Crippen LogP contribution >= 0.6 is 11.3 Å². The molecule has 2 atom stereocenters. The normalized spacial score (nSPS) is 23.5. The molecule has 0 unspecified atom stereocenters. The predicted octanol–water partition coefficient (Wildman–Crippen LogP) is 2.85. The number of hydrogen-bond donors (Lipinski definition) is 0. The zero-order valence-corrected chi connectivity index (χ0v) is 14.5. The molecule has 24 heavy (non-hydrogen) atoms. The number of amides is 2. The fourth-order valence-electron chi connectivity index (χ4n) is 3.86. The molecule has 3 heterocycles. The van der Waals surface area contributed by atoms with Gasteiger partial charge in [-0.1, -0.05) is 30.3 Å². The highest BCUT2D eigenvalue weighted by atomic mass is 32.1. The molecule has 2 aliphatic rings. The highest BCUT2D eigenvalue weighted by Gasteiger charge is 2.44.